The molecule has 2 aliphatic rings. The van der Waals surface area contributed by atoms with E-state index < -0.39 is 5.97 Å². The summed E-state index contributed by atoms with van der Waals surface area (Å²) in [6.07, 6.45) is 6.63. The highest BCUT2D eigenvalue weighted by Gasteiger charge is 2.26. The van der Waals surface area contributed by atoms with Crippen LogP contribution >= 0.6 is 0 Å². The molecule has 2 aromatic rings. The fourth-order valence-electron chi connectivity index (χ4n) is 4.38. The Morgan fingerprint density at radius 1 is 1.06 bits per heavy atom. The van der Waals surface area contributed by atoms with Crippen LogP contribution in [0, 0.1) is 5.82 Å². The average molecular weight is 456 g/mol. The van der Waals surface area contributed by atoms with Gasteiger partial charge in [0.15, 0.2) is 6.61 Å². The first-order valence-electron chi connectivity index (χ1n) is 11.6. The van der Waals surface area contributed by atoms with Crippen LogP contribution in [0.2, 0.25) is 0 Å². The number of amides is 1. The molecule has 1 saturated carbocycles. The predicted molar refractivity (Wildman–Crippen MR) is 121 cm³/mol. The van der Waals surface area contributed by atoms with Crippen molar-refractivity contribution in [3.05, 3.63) is 59.5 Å². The first-order valence-corrected chi connectivity index (χ1v) is 11.6. The average Bonchev–Trinajstić information content (AvgIpc) is 2.88. The van der Waals surface area contributed by atoms with E-state index in [1.807, 2.05) is 0 Å². The van der Waals surface area contributed by atoms with Crippen molar-refractivity contribution in [3.8, 4) is 0 Å². The number of halogens is 1. The molecule has 2 fully saturated rings. The van der Waals surface area contributed by atoms with Gasteiger partial charge in [-0.15, -0.1) is 0 Å². The standard InChI is InChI=1S/C25H30FN3O4/c26-21-9-6-19(7-10-21)17-29(22-4-2-1-3-5-22)24(30)18-33-25(31)20-8-11-23(27-16-20)28-12-14-32-15-13-28/h6-11,16,22H,1-5,12-15,17-18H2. The Kier molecular flexibility index (Phi) is 7.88. The zero-order valence-corrected chi connectivity index (χ0v) is 18.7. The number of morpholine rings is 1. The maximum atomic E-state index is 13.3. The molecule has 176 valence electrons. The molecule has 7 nitrogen and oxygen atoms in total. The van der Waals surface area contributed by atoms with Gasteiger partial charge >= 0.3 is 5.97 Å². The number of hydrogen-bond acceptors (Lipinski definition) is 6. The summed E-state index contributed by atoms with van der Waals surface area (Å²) in [5.41, 5.74) is 1.16. The zero-order chi connectivity index (χ0) is 23.0. The van der Waals surface area contributed by atoms with Crippen molar-refractivity contribution < 1.29 is 23.5 Å². The van der Waals surface area contributed by atoms with Crippen LogP contribution in [0.5, 0.6) is 0 Å². The summed E-state index contributed by atoms with van der Waals surface area (Å²) in [4.78, 5) is 33.8. The van der Waals surface area contributed by atoms with Gasteiger partial charge in [-0.2, -0.15) is 0 Å². The van der Waals surface area contributed by atoms with Crippen molar-refractivity contribution >= 4 is 17.7 Å². The number of carbonyl (C=O) groups is 2. The molecule has 0 radical (unpaired) electrons. The van der Waals surface area contributed by atoms with Crippen molar-refractivity contribution in [2.75, 3.05) is 37.8 Å². The lowest BCUT2D eigenvalue weighted by Gasteiger charge is -2.34. The summed E-state index contributed by atoms with van der Waals surface area (Å²) < 4.78 is 24.0. The van der Waals surface area contributed by atoms with Crippen molar-refractivity contribution in [2.45, 2.75) is 44.7 Å². The summed E-state index contributed by atoms with van der Waals surface area (Å²) in [6.45, 7) is 2.87. The van der Waals surface area contributed by atoms with Gasteiger partial charge < -0.3 is 19.3 Å². The summed E-state index contributed by atoms with van der Waals surface area (Å²) in [7, 11) is 0. The smallest absolute Gasteiger partial charge is 0.340 e. The first kappa shape index (κ1) is 23.2. The molecule has 0 N–H and O–H groups in total. The number of esters is 1. The van der Waals surface area contributed by atoms with E-state index in [1.165, 1.54) is 18.3 Å². The fraction of sp³-hybridized carbons (Fsp3) is 0.480. The second kappa shape index (κ2) is 11.2. The lowest BCUT2D eigenvalue weighted by molar-refractivity contribution is -0.138. The van der Waals surface area contributed by atoms with Crippen LogP contribution in [0.4, 0.5) is 10.2 Å². The summed E-state index contributed by atoms with van der Waals surface area (Å²) in [6, 6.07) is 9.72. The third kappa shape index (κ3) is 6.28. The van der Waals surface area contributed by atoms with E-state index in [-0.39, 0.29) is 24.4 Å². The van der Waals surface area contributed by atoms with Crippen LogP contribution in [0.15, 0.2) is 42.6 Å². The maximum absolute atomic E-state index is 13.3. The topological polar surface area (TPSA) is 72.0 Å². The molecule has 0 spiro atoms. The minimum atomic E-state index is -0.574. The van der Waals surface area contributed by atoms with Crippen LogP contribution in [-0.4, -0.2) is 60.7 Å². The van der Waals surface area contributed by atoms with E-state index in [2.05, 4.69) is 9.88 Å². The van der Waals surface area contributed by atoms with Crippen molar-refractivity contribution in [1.29, 1.82) is 0 Å². The minimum Gasteiger partial charge on any atom is -0.452 e. The van der Waals surface area contributed by atoms with E-state index >= 15 is 0 Å². The summed E-state index contributed by atoms with van der Waals surface area (Å²) in [5.74, 6) is -0.336. The van der Waals surface area contributed by atoms with Crippen LogP contribution in [-0.2, 0) is 20.8 Å². The normalized spacial score (nSPS) is 16.9. The molecular weight excluding hydrogens is 425 g/mol. The van der Waals surface area contributed by atoms with Crippen LogP contribution in [0.25, 0.3) is 0 Å². The Bertz CT molecular complexity index is 924. The van der Waals surface area contributed by atoms with Crippen molar-refractivity contribution in [3.63, 3.8) is 0 Å². The highest BCUT2D eigenvalue weighted by atomic mass is 19.1. The molecule has 8 heteroatoms. The second-order valence-electron chi connectivity index (χ2n) is 8.52. The third-order valence-electron chi connectivity index (χ3n) is 6.25. The molecule has 0 unspecified atom stereocenters. The van der Waals surface area contributed by atoms with Gasteiger partial charge in [0.1, 0.15) is 11.6 Å². The summed E-state index contributed by atoms with van der Waals surface area (Å²) in [5, 5.41) is 0. The number of nitrogens with zero attached hydrogens (tertiary/aromatic N) is 3. The van der Waals surface area contributed by atoms with Gasteiger partial charge in [-0.3, -0.25) is 4.79 Å². The predicted octanol–water partition coefficient (Wildman–Crippen LogP) is 3.58. The number of benzene rings is 1. The molecular formula is C25H30FN3O4. The van der Waals surface area contributed by atoms with E-state index in [0.717, 1.165) is 56.6 Å². The Labute approximate surface area is 193 Å². The van der Waals surface area contributed by atoms with Crippen molar-refractivity contribution in [1.82, 2.24) is 9.88 Å². The molecule has 1 amide bonds. The van der Waals surface area contributed by atoms with Crippen LogP contribution in [0.1, 0.15) is 48.0 Å². The number of hydrogen-bond donors (Lipinski definition) is 0. The molecule has 1 aromatic carbocycles. The minimum absolute atomic E-state index is 0.101. The quantitative estimate of drug-likeness (QED) is 0.595. The van der Waals surface area contributed by atoms with Gasteiger partial charge in [0.05, 0.1) is 18.8 Å². The van der Waals surface area contributed by atoms with Gasteiger partial charge in [-0.25, -0.2) is 14.2 Å². The third-order valence-corrected chi connectivity index (χ3v) is 6.25. The molecule has 0 atom stereocenters. The Hall–Kier alpha value is -3.00. The van der Waals surface area contributed by atoms with Crippen LogP contribution in [0.3, 0.4) is 0 Å². The Morgan fingerprint density at radius 3 is 2.45 bits per heavy atom. The van der Waals surface area contributed by atoms with E-state index in [0.29, 0.717) is 25.3 Å². The highest BCUT2D eigenvalue weighted by molar-refractivity contribution is 5.91. The van der Waals surface area contributed by atoms with Gasteiger partial charge in [0, 0.05) is 31.9 Å². The Balaban J connectivity index is 1.36. The second-order valence-corrected chi connectivity index (χ2v) is 8.52. The Morgan fingerprint density at radius 2 is 1.79 bits per heavy atom. The molecule has 2 heterocycles. The van der Waals surface area contributed by atoms with Gasteiger partial charge in [-0.1, -0.05) is 31.4 Å². The van der Waals surface area contributed by atoms with Crippen molar-refractivity contribution in [2.24, 2.45) is 0 Å². The van der Waals surface area contributed by atoms with Gasteiger partial charge in [0.2, 0.25) is 0 Å². The van der Waals surface area contributed by atoms with E-state index in [4.69, 9.17) is 9.47 Å². The molecule has 33 heavy (non-hydrogen) atoms. The maximum Gasteiger partial charge on any atom is 0.340 e. The fourth-order valence-corrected chi connectivity index (χ4v) is 4.38. The van der Waals surface area contributed by atoms with E-state index in [1.54, 1.807) is 29.2 Å². The van der Waals surface area contributed by atoms with Crippen LogP contribution < -0.4 is 4.90 Å². The first-order chi connectivity index (χ1) is 16.1. The number of pyridine rings is 1. The lowest BCUT2D eigenvalue weighted by atomic mass is 9.93. The summed E-state index contributed by atoms with van der Waals surface area (Å²) >= 11 is 0. The lowest BCUT2D eigenvalue weighted by Crippen LogP contribution is -2.43. The van der Waals surface area contributed by atoms with Gasteiger partial charge in [-0.05, 0) is 42.7 Å². The highest BCUT2D eigenvalue weighted by Crippen LogP contribution is 2.24. The molecule has 1 saturated heterocycles. The number of carbonyl (C=O) groups excluding carboxylic acids is 2. The zero-order valence-electron chi connectivity index (χ0n) is 18.7. The monoisotopic (exact) mass is 455 g/mol. The van der Waals surface area contributed by atoms with E-state index in [9.17, 15) is 14.0 Å². The SMILES string of the molecule is O=C(OCC(=O)N(Cc1ccc(F)cc1)C1CCCCC1)c1ccc(N2CCOCC2)nc1. The molecule has 1 aliphatic heterocycles. The number of aromatic nitrogens is 1. The number of ether oxygens (including phenoxy) is 2. The molecule has 1 aliphatic carbocycles. The largest absolute Gasteiger partial charge is 0.452 e. The molecule has 1 aromatic heterocycles. The number of rotatable bonds is 7. The number of anilines is 1. The van der Waals surface area contributed by atoms with Gasteiger partial charge in [0.25, 0.3) is 5.91 Å². The molecule has 0 bridgehead atoms. The molecule has 4 rings (SSSR count).